The van der Waals surface area contributed by atoms with E-state index in [0.717, 1.165) is 12.8 Å². The molecule has 4 N–H and O–H groups in total. The fourth-order valence-corrected chi connectivity index (χ4v) is 3.57. The molecule has 19 heavy (non-hydrogen) atoms. The number of benzene rings is 1. The van der Waals surface area contributed by atoms with Gasteiger partial charge in [0.15, 0.2) is 0 Å². The molecule has 1 fully saturated rings. The van der Waals surface area contributed by atoms with Crippen molar-refractivity contribution in [3.63, 3.8) is 0 Å². The third-order valence-electron chi connectivity index (χ3n) is 3.35. The maximum Gasteiger partial charge on any atom is 0.240 e. The lowest BCUT2D eigenvalue weighted by atomic mass is 10.3. The van der Waals surface area contributed by atoms with Crippen molar-refractivity contribution in [3.05, 3.63) is 18.2 Å². The largest absolute Gasteiger partial charge is 0.506 e. The second-order valence-electron chi connectivity index (χ2n) is 4.71. The standard InChI is InChI=1S/C12H18N2O4S/c1-18-9-3-2-8(6-9)14-19(16,17)10-4-5-12(15)11(13)7-10/h4-5,7-9,14-15H,2-3,6,13H2,1H3. The lowest BCUT2D eigenvalue weighted by molar-refractivity contribution is 0.107. The Morgan fingerprint density at radius 3 is 2.74 bits per heavy atom. The molecule has 106 valence electrons. The van der Waals surface area contributed by atoms with Crippen LogP contribution in [0, 0.1) is 0 Å². The van der Waals surface area contributed by atoms with Crippen LogP contribution in [-0.4, -0.2) is 32.8 Å². The summed E-state index contributed by atoms with van der Waals surface area (Å²) in [5.74, 6) is -0.126. The molecule has 6 nitrogen and oxygen atoms in total. The number of nitrogens with one attached hydrogen (secondary N) is 1. The van der Waals surface area contributed by atoms with Gasteiger partial charge in [-0.05, 0) is 37.5 Å². The summed E-state index contributed by atoms with van der Waals surface area (Å²) in [5, 5.41) is 9.30. The van der Waals surface area contributed by atoms with Gasteiger partial charge in [0.05, 0.1) is 16.7 Å². The van der Waals surface area contributed by atoms with E-state index in [1.165, 1.54) is 18.2 Å². The Morgan fingerprint density at radius 2 is 2.16 bits per heavy atom. The van der Waals surface area contributed by atoms with Crippen LogP contribution in [0.2, 0.25) is 0 Å². The van der Waals surface area contributed by atoms with E-state index in [9.17, 15) is 13.5 Å². The molecule has 2 atom stereocenters. The highest BCUT2D eigenvalue weighted by Crippen LogP contribution is 2.26. The molecule has 2 rings (SSSR count). The van der Waals surface area contributed by atoms with Gasteiger partial charge in [0.1, 0.15) is 5.75 Å². The van der Waals surface area contributed by atoms with Crippen molar-refractivity contribution in [3.8, 4) is 5.75 Å². The summed E-state index contributed by atoms with van der Waals surface area (Å²) in [6, 6.07) is 3.73. The highest BCUT2D eigenvalue weighted by Gasteiger charge is 2.28. The molecular weight excluding hydrogens is 268 g/mol. The van der Waals surface area contributed by atoms with Gasteiger partial charge in [0.25, 0.3) is 0 Å². The van der Waals surface area contributed by atoms with Crippen LogP contribution in [0.5, 0.6) is 5.75 Å². The molecular formula is C12H18N2O4S. The minimum atomic E-state index is -3.61. The van der Waals surface area contributed by atoms with Gasteiger partial charge in [-0.1, -0.05) is 0 Å². The van der Waals surface area contributed by atoms with Crippen LogP contribution in [0.15, 0.2) is 23.1 Å². The first-order valence-electron chi connectivity index (χ1n) is 6.06. The van der Waals surface area contributed by atoms with E-state index < -0.39 is 10.0 Å². The molecule has 0 radical (unpaired) electrons. The number of nitrogen functional groups attached to an aromatic ring is 1. The molecule has 2 unspecified atom stereocenters. The van der Waals surface area contributed by atoms with Crippen LogP contribution >= 0.6 is 0 Å². The third kappa shape index (κ3) is 3.17. The number of phenols is 1. The van der Waals surface area contributed by atoms with Crippen molar-refractivity contribution in [2.75, 3.05) is 12.8 Å². The first-order valence-corrected chi connectivity index (χ1v) is 7.54. The number of rotatable bonds is 4. The smallest absolute Gasteiger partial charge is 0.240 e. The van der Waals surface area contributed by atoms with Crippen LogP contribution in [0.25, 0.3) is 0 Å². The van der Waals surface area contributed by atoms with Gasteiger partial charge in [-0.25, -0.2) is 13.1 Å². The molecule has 7 heteroatoms. The lowest BCUT2D eigenvalue weighted by Gasteiger charge is -2.14. The van der Waals surface area contributed by atoms with E-state index in [4.69, 9.17) is 10.5 Å². The van der Waals surface area contributed by atoms with Crippen LogP contribution in [0.1, 0.15) is 19.3 Å². The molecule has 1 aromatic carbocycles. The first kappa shape index (κ1) is 14.1. The number of ether oxygens (including phenoxy) is 1. The molecule has 1 aromatic rings. The monoisotopic (exact) mass is 286 g/mol. The number of aromatic hydroxyl groups is 1. The van der Waals surface area contributed by atoms with Gasteiger partial charge in [0.2, 0.25) is 10.0 Å². The second-order valence-corrected chi connectivity index (χ2v) is 6.42. The fourth-order valence-electron chi connectivity index (χ4n) is 2.25. The van der Waals surface area contributed by atoms with Gasteiger partial charge < -0.3 is 15.6 Å². The fraction of sp³-hybridized carbons (Fsp3) is 0.500. The molecule has 1 aliphatic rings. The Labute approximate surface area is 112 Å². The summed E-state index contributed by atoms with van der Waals surface area (Å²) in [6.45, 7) is 0. The SMILES string of the molecule is COC1CCC(NS(=O)(=O)c2ccc(O)c(N)c2)C1. The number of nitrogens with two attached hydrogens (primary N) is 1. The first-order chi connectivity index (χ1) is 8.92. The maximum atomic E-state index is 12.2. The van der Waals surface area contributed by atoms with Gasteiger partial charge in [0, 0.05) is 13.2 Å². The minimum absolute atomic E-state index is 0.0454. The summed E-state index contributed by atoms with van der Waals surface area (Å²) in [7, 11) is -1.98. The zero-order chi connectivity index (χ0) is 14.0. The second kappa shape index (κ2) is 5.36. The molecule has 0 amide bonds. The lowest BCUT2D eigenvalue weighted by Crippen LogP contribution is -2.33. The highest BCUT2D eigenvalue weighted by atomic mass is 32.2. The third-order valence-corrected chi connectivity index (χ3v) is 4.87. The molecule has 0 heterocycles. The number of phenolic OH excluding ortho intramolecular Hbond substituents is 1. The van der Waals surface area contributed by atoms with Crippen molar-refractivity contribution < 1.29 is 18.3 Å². The molecule has 0 aliphatic heterocycles. The van der Waals surface area contributed by atoms with Crippen LogP contribution in [0.3, 0.4) is 0 Å². The normalized spacial score (nSPS) is 23.6. The number of hydrogen-bond acceptors (Lipinski definition) is 5. The average molecular weight is 286 g/mol. The molecule has 0 spiro atoms. The summed E-state index contributed by atoms with van der Waals surface area (Å²) < 4.78 is 32.2. The van der Waals surface area contributed by atoms with E-state index in [0.29, 0.717) is 6.42 Å². The van der Waals surface area contributed by atoms with Crippen LogP contribution in [0.4, 0.5) is 5.69 Å². The van der Waals surface area contributed by atoms with Gasteiger partial charge in [-0.15, -0.1) is 0 Å². The predicted molar refractivity (Wildman–Crippen MR) is 71.3 cm³/mol. The molecule has 1 saturated carbocycles. The maximum absolute atomic E-state index is 12.2. The van der Waals surface area contributed by atoms with E-state index in [-0.39, 0.29) is 28.5 Å². The molecule has 0 saturated heterocycles. The zero-order valence-corrected chi connectivity index (χ0v) is 11.5. The number of sulfonamides is 1. The van der Waals surface area contributed by atoms with Crippen molar-refractivity contribution in [2.24, 2.45) is 0 Å². The van der Waals surface area contributed by atoms with Crippen molar-refractivity contribution in [2.45, 2.75) is 36.3 Å². The van der Waals surface area contributed by atoms with Gasteiger partial charge >= 0.3 is 0 Å². The summed E-state index contributed by atoms with van der Waals surface area (Å²) >= 11 is 0. The quantitative estimate of drug-likeness (QED) is 0.562. The summed E-state index contributed by atoms with van der Waals surface area (Å²) in [6.07, 6.45) is 2.38. The van der Waals surface area contributed by atoms with E-state index >= 15 is 0 Å². The summed E-state index contributed by atoms with van der Waals surface area (Å²) in [4.78, 5) is 0.0590. The van der Waals surface area contributed by atoms with Crippen LogP contribution < -0.4 is 10.5 Å². The minimum Gasteiger partial charge on any atom is -0.506 e. The van der Waals surface area contributed by atoms with E-state index in [1.807, 2.05) is 0 Å². The van der Waals surface area contributed by atoms with Gasteiger partial charge in [-0.3, -0.25) is 0 Å². The van der Waals surface area contributed by atoms with Crippen molar-refractivity contribution in [1.82, 2.24) is 4.72 Å². The number of methoxy groups -OCH3 is 1. The molecule has 0 bridgehead atoms. The Hall–Kier alpha value is -1.31. The molecule has 0 aromatic heterocycles. The van der Waals surface area contributed by atoms with Gasteiger partial charge in [-0.2, -0.15) is 0 Å². The number of hydrogen-bond donors (Lipinski definition) is 3. The van der Waals surface area contributed by atoms with Crippen molar-refractivity contribution >= 4 is 15.7 Å². The van der Waals surface area contributed by atoms with Crippen LogP contribution in [-0.2, 0) is 14.8 Å². The summed E-state index contributed by atoms with van der Waals surface area (Å²) in [5.41, 5.74) is 5.55. The number of anilines is 1. The Balaban J connectivity index is 2.12. The van der Waals surface area contributed by atoms with E-state index in [2.05, 4.69) is 4.72 Å². The zero-order valence-electron chi connectivity index (χ0n) is 10.7. The van der Waals surface area contributed by atoms with Crippen molar-refractivity contribution in [1.29, 1.82) is 0 Å². The Bertz CT molecular complexity index is 559. The highest BCUT2D eigenvalue weighted by molar-refractivity contribution is 7.89. The predicted octanol–water partition coefficient (Wildman–Crippen LogP) is 0.820. The Kier molecular flexibility index (Phi) is 3.98. The Morgan fingerprint density at radius 1 is 1.42 bits per heavy atom. The topological polar surface area (TPSA) is 102 Å². The van der Waals surface area contributed by atoms with E-state index in [1.54, 1.807) is 7.11 Å². The molecule has 1 aliphatic carbocycles. The average Bonchev–Trinajstić information content (AvgIpc) is 2.79.